The van der Waals surface area contributed by atoms with Gasteiger partial charge in [0.15, 0.2) is 0 Å². The molecule has 0 saturated heterocycles. The van der Waals surface area contributed by atoms with Crippen LogP contribution >= 0.6 is 11.9 Å². The van der Waals surface area contributed by atoms with Crippen LogP contribution in [-0.2, 0) is 17.0 Å². The second-order valence-electron chi connectivity index (χ2n) is 5.93. The van der Waals surface area contributed by atoms with Gasteiger partial charge in [0.2, 0.25) is 5.91 Å². The first-order valence-corrected chi connectivity index (χ1v) is 9.39. The molecule has 25 heavy (non-hydrogen) atoms. The maximum Gasteiger partial charge on any atom is 0.238 e. The number of pyridine rings is 1. The lowest BCUT2D eigenvalue weighted by Crippen LogP contribution is -2.46. The van der Waals surface area contributed by atoms with Gasteiger partial charge < -0.3 is 10.4 Å². The Kier molecular flexibility index (Phi) is 8.45. The molecule has 0 bridgehead atoms. The average Bonchev–Trinajstić information content (AvgIpc) is 2.66. The molecule has 0 radical (unpaired) electrons. The van der Waals surface area contributed by atoms with Gasteiger partial charge in [0, 0.05) is 24.2 Å². The fourth-order valence-corrected chi connectivity index (χ4v) is 3.16. The van der Waals surface area contributed by atoms with E-state index < -0.39 is 0 Å². The maximum absolute atomic E-state index is 12.5. The van der Waals surface area contributed by atoms with E-state index >= 15 is 0 Å². The third-order valence-electron chi connectivity index (χ3n) is 3.76. The Balaban J connectivity index is 1.89. The summed E-state index contributed by atoms with van der Waals surface area (Å²) in [4.78, 5) is 16.5. The number of aromatic nitrogens is 1. The van der Waals surface area contributed by atoms with E-state index in [0.717, 1.165) is 17.7 Å². The lowest BCUT2D eigenvalue weighted by Gasteiger charge is -2.20. The van der Waals surface area contributed by atoms with Crippen molar-refractivity contribution < 1.29 is 9.90 Å². The highest BCUT2D eigenvalue weighted by atomic mass is 32.2. The molecular weight excluding hydrogens is 334 g/mol. The van der Waals surface area contributed by atoms with Crippen LogP contribution in [0, 0.1) is 0 Å². The molecule has 2 atom stereocenters. The van der Waals surface area contributed by atoms with Gasteiger partial charge in [-0.2, -0.15) is 0 Å². The molecule has 6 heteroatoms. The third-order valence-corrected chi connectivity index (χ3v) is 4.69. The number of rotatable bonds is 10. The van der Waals surface area contributed by atoms with Gasteiger partial charge in [-0.05, 0) is 43.0 Å². The summed E-state index contributed by atoms with van der Waals surface area (Å²) in [7, 11) is 0. The summed E-state index contributed by atoms with van der Waals surface area (Å²) in [6.45, 7) is 1.72. The van der Waals surface area contributed by atoms with Gasteiger partial charge in [0.1, 0.15) is 0 Å². The zero-order chi connectivity index (χ0) is 17.9. The van der Waals surface area contributed by atoms with E-state index in [1.54, 1.807) is 19.3 Å². The minimum atomic E-state index is -0.323. The number of aliphatic hydroxyl groups is 1. The molecule has 2 rings (SSSR count). The van der Waals surface area contributed by atoms with Crippen LogP contribution < -0.4 is 10.0 Å². The van der Waals surface area contributed by atoms with E-state index in [-0.39, 0.29) is 24.6 Å². The molecule has 1 aromatic heterocycles. The van der Waals surface area contributed by atoms with E-state index in [2.05, 4.69) is 27.2 Å². The molecule has 0 aliphatic heterocycles. The molecule has 2 unspecified atom stereocenters. The fourth-order valence-electron chi connectivity index (χ4n) is 2.29. The van der Waals surface area contributed by atoms with Crippen LogP contribution in [-0.4, -0.2) is 34.7 Å². The van der Waals surface area contributed by atoms with Gasteiger partial charge in [-0.1, -0.05) is 42.3 Å². The molecule has 5 nitrogen and oxygen atoms in total. The van der Waals surface area contributed by atoms with Gasteiger partial charge in [-0.25, -0.2) is 0 Å². The van der Waals surface area contributed by atoms with Crippen molar-refractivity contribution in [2.24, 2.45) is 0 Å². The van der Waals surface area contributed by atoms with Gasteiger partial charge in [0.05, 0.1) is 12.6 Å². The van der Waals surface area contributed by atoms with Crippen LogP contribution in [0.2, 0.25) is 0 Å². The van der Waals surface area contributed by atoms with Gasteiger partial charge >= 0.3 is 0 Å². The molecule has 1 aromatic carbocycles. The molecule has 0 aliphatic carbocycles. The number of benzene rings is 1. The molecule has 1 heterocycles. The summed E-state index contributed by atoms with van der Waals surface area (Å²) < 4.78 is 3.28. The Morgan fingerprint density at radius 3 is 2.56 bits per heavy atom. The van der Waals surface area contributed by atoms with Gasteiger partial charge in [-0.15, -0.1) is 0 Å². The van der Waals surface area contributed by atoms with E-state index in [1.165, 1.54) is 17.5 Å². The van der Waals surface area contributed by atoms with Crippen LogP contribution in [0.25, 0.3) is 0 Å². The second-order valence-corrected chi connectivity index (χ2v) is 6.74. The summed E-state index contributed by atoms with van der Waals surface area (Å²) in [5.74, 6) is 0.700. The van der Waals surface area contributed by atoms with Crippen LogP contribution in [0.15, 0.2) is 54.9 Å². The highest BCUT2D eigenvalue weighted by molar-refractivity contribution is 7.96. The number of aryl methyl sites for hydroxylation is 1. The number of amides is 1. The summed E-state index contributed by atoms with van der Waals surface area (Å²) in [6, 6.07) is 13.5. The molecule has 134 valence electrons. The number of hydrogen-bond acceptors (Lipinski definition) is 5. The smallest absolute Gasteiger partial charge is 0.238 e. The zero-order valence-corrected chi connectivity index (χ0v) is 15.2. The number of nitrogens with one attached hydrogen (secondary N) is 2. The van der Waals surface area contributed by atoms with E-state index in [4.69, 9.17) is 5.11 Å². The molecule has 0 fully saturated rings. The van der Waals surface area contributed by atoms with Crippen molar-refractivity contribution in [2.75, 3.05) is 6.61 Å². The van der Waals surface area contributed by atoms with Crippen molar-refractivity contribution in [1.82, 2.24) is 15.0 Å². The Bertz CT molecular complexity index is 625. The standard InChI is InChI=1S/C19H25N3O2S/c1-15(13-23)21-19(24)18(8-7-16-9-11-20-12-10-16)22-25-14-17-5-3-2-4-6-17/h2-6,9-12,15,18,22-23H,7-8,13-14H2,1H3,(H,21,24). The third kappa shape index (κ3) is 7.25. The van der Waals surface area contributed by atoms with Crippen molar-refractivity contribution >= 4 is 17.9 Å². The van der Waals surface area contributed by atoms with Crippen LogP contribution in [0.4, 0.5) is 0 Å². The van der Waals surface area contributed by atoms with Gasteiger partial charge in [-0.3, -0.25) is 14.5 Å². The van der Waals surface area contributed by atoms with Crippen molar-refractivity contribution in [3.8, 4) is 0 Å². The average molecular weight is 359 g/mol. The second kappa shape index (κ2) is 10.9. The van der Waals surface area contributed by atoms with E-state index in [9.17, 15) is 4.79 Å². The molecule has 2 aromatic rings. The topological polar surface area (TPSA) is 74.2 Å². The number of carbonyl (C=O) groups excluding carboxylic acids is 1. The minimum absolute atomic E-state index is 0.0695. The van der Waals surface area contributed by atoms with Crippen LogP contribution in [0.3, 0.4) is 0 Å². The number of nitrogens with zero attached hydrogens (tertiary/aromatic N) is 1. The predicted molar refractivity (Wildman–Crippen MR) is 102 cm³/mol. The fraction of sp³-hybridized carbons (Fsp3) is 0.368. The van der Waals surface area contributed by atoms with Crippen LogP contribution in [0.5, 0.6) is 0 Å². The zero-order valence-electron chi connectivity index (χ0n) is 14.4. The van der Waals surface area contributed by atoms with Crippen LogP contribution in [0.1, 0.15) is 24.5 Å². The van der Waals surface area contributed by atoms with E-state index in [1.807, 2.05) is 30.3 Å². The highest BCUT2D eigenvalue weighted by Gasteiger charge is 2.19. The molecule has 0 aliphatic rings. The Morgan fingerprint density at radius 1 is 1.16 bits per heavy atom. The number of carbonyl (C=O) groups is 1. The normalized spacial score (nSPS) is 13.2. The van der Waals surface area contributed by atoms with Crippen molar-refractivity contribution in [3.05, 3.63) is 66.0 Å². The Labute approximate surface area is 153 Å². The lowest BCUT2D eigenvalue weighted by atomic mass is 10.1. The van der Waals surface area contributed by atoms with Gasteiger partial charge in [0.25, 0.3) is 0 Å². The Morgan fingerprint density at radius 2 is 1.88 bits per heavy atom. The first kappa shape index (κ1) is 19.4. The van der Waals surface area contributed by atoms with Crippen molar-refractivity contribution in [1.29, 1.82) is 0 Å². The quantitative estimate of drug-likeness (QED) is 0.568. The van der Waals surface area contributed by atoms with E-state index in [0.29, 0.717) is 6.42 Å². The Hall–Kier alpha value is -1.89. The summed E-state index contributed by atoms with van der Waals surface area (Å²) in [5, 5.41) is 12.0. The number of hydrogen-bond donors (Lipinski definition) is 3. The molecule has 3 N–H and O–H groups in total. The maximum atomic E-state index is 12.5. The summed E-state index contributed by atoms with van der Waals surface area (Å²) in [5.41, 5.74) is 2.36. The first-order valence-electron chi connectivity index (χ1n) is 8.40. The SMILES string of the molecule is CC(CO)NC(=O)C(CCc1ccncc1)NSCc1ccccc1. The first-order chi connectivity index (χ1) is 12.2. The predicted octanol–water partition coefficient (Wildman–Crippen LogP) is 2.32. The number of aliphatic hydroxyl groups excluding tert-OH is 1. The van der Waals surface area contributed by atoms with Crippen molar-refractivity contribution in [3.63, 3.8) is 0 Å². The minimum Gasteiger partial charge on any atom is -0.394 e. The molecular formula is C19H25N3O2S. The van der Waals surface area contributed by atoms with Crippen molar-refractivity contribution in [2.45, 2.75) is 37.6 Å². The molecule has 0 spiro atoms. The largest absolute Gasteiger partial charge is 0.394 e. The summed E-state index contributed by atoms with van der Waals surface area (Å²) in [6.07, 6.45) is 4.98. The molecule has 1 amide bonds. The lowest BCUT2D eigenvalue weighted by molar-refractivity contribution is -0.123. The summed E-state index contributed by atoms with van der Waals surface area (Å²) >= 11 is 1.53. The highest BCUT2D eigenvalue weighted by Crippen LogP contribution is 2.12. The molecule has 0 saturated carbocycles. The monoisotopic (exact) mass is 359 g/mol.